The Morgan fingerprint density at radius 1 is 1.15 bits per heavy atom. The molecule has 0 fully saturated rings. The Morgan fingerprint density at radius 3 is 2.69 bits per heavy atom. The molecule has 2 aromatic carbocycles. The Hall–Kier alpha value is -3.08. The highest BCUT2D eigenvalue weighted by Gasteiger charge is 2.11. The van der Waals surface area contributed by atoms with Crippen LogP contribution >= 0.6 is 0 Å². The Labute approximate surface area is 151 Å². The van der Waals surface area contributed by atoms with E-state index in [9.17, 15) is 9.59 Å². The van der Waals surface area contributed by atoms with Gasteiger partial charge in [0, 0.05) is 23.6 Å². The van der Waals surface area contributed by atoms with Gasteiger partial charge >= 0.3 is 5.63 Å². The fraction of sp³-hybridized carbons (Fsp3) is 0.238. The van der Waals surface area contributed by atoms with E-state index in [1.54, 1.807) is 37.4 Å². The van der Waals surface area contributed by atoms with Gasteiger partial charge in [-0.05, 0) is 47.4 Å². The van der Waals surface area contributed by atoms with Crippen LogP contribution in [0.5, 0.6) is 5.75 Å². The average Bonchev–Trinajstić information content (AvgIpc) is 2.65. The fourth-order valence-electron chi connectivity index (χ4n) is 2.79. The Morgan fingerprint density at radius 2 is 1.96 bits per heavy atom. The van der Waals surface area contributed by atoms with Gasteiger partial charge in [-0.15, -0.1) is 0 Å². The van der Waals surface area contributed by atoms with E-state index >= 15 is 0 Å². The molecule has 1 N–H and O–H groups in total. The van der Waals surface area contributed by atoms with Crippen LogP contribution in [-0.4, -0.2) is 13.0 Å². The summed E-state index contributed by atoms with van der Waals surface area (Å²) in [6.45, 7) is 4.44. The summed E-state index contributed by atoms with van der Waals surface area (Å²) in [6.07, 6.45) is 0. The van der Waals surface area contributed by atoms with Crippen molar-refractivity contribution in [3.63, 3.8) is 0 Å². The molecule has 0 atom stereocenters. The molecule has 0 aliphatic carbocycles. The molecule has 3 rings (SSSR count). The van der Waals surface area contributed by atoms with Gasteiger partial charge < -0.3 is 14.5 Å². The van der Waals surface area contributed by atoms with Crippen molar-refractivity contribution in [3.8, 4) is 5.75 Å². The van der Waals surface area contributed by atoms with E-state index < -0.39 is 5.63 Å². The van der Waals surface area contributed by atoms with Crippen molar-refractivity contribution in [3.05, 3.63) is 75.6 Å². The summed E-state index contributed by atoms with van der Waals surface area (Å²) < 4.78 is 10.4. The van der Waals surface area contributed by atoms with Crippen molar-refractivity contribution < 1.29 is 13.9 Å². The summed E-state index contributed by atoms with van der Waals surface area (Å²) >= 11 is 0. The van der Waals surface area contributed by atoms with Crippen molar-refractivity contribution >= 4 is 16.9 Å². The molecule has 134 valence electrons. The zero-order chi connectivity index (χ0) is 18.7. The predicted octanol–water partition coefficient (Wildman–Crippen LogP) is 3.86. The third kappa shape index (κ3) is 3.77. The summed E-state index contributed by atoms with van der Waals surface area (Å²) in [4.78, 5) is 24.2. The van der Waals surface area contributed by atoms with Gasteiger partial charge in [0.15, 0.2) is 0 Å². The van der Waals surface area contributed by atoms with Gasteiger partial charge in [0.2, 0.25) is 0 Å². The molecule has 0 unspecified atom stereocenters. The number of hydrogen-bond acceptors (Lipinski definition) is 4. The standard InChI is InChI=1S/C21H21NO4/c1-13(2)14-7-8-19-18(10-14)16(11-20(23)26-19)12-22-21(24)15-5-4-6-17(9-15)25-3/h4-11,13H,12H2,1-3H3,(H,22,24). The van der Waals surface area contributed by atoms with Crippen molar-refractivity contribution in [1.82, 2.24) is 5.32 Å². The van der Waals surface area contributed by atoms with Crippen molar-refractivity contribution in [2.45, 2.75) is 26.3 Å². The van der Waals surface area contributed by atoms with E-state index in [1.807, 2.05) is 12.1 Å². The monoisotopic (exact) mass is 351 g/mol. The largest absolute Gasteiger partial charge is 0.497 e. The van der Waals surface area contributed by atoms with Crippen molar-refractivity contribution in [2.75, 3.05) is 7.11 Å². The minimum atomic E-state index is -0.430. The fourth-order valence-corrected chi connectivity index (χ4v) is 2.79. The van der Waals surface area contributed by atoms with Crippen LogP contribution in [0.3, 0.4) is 0 Å². The van der Waals surface area contributed by atoms with E-state index in [2.05, 4.69) is 19.2 Å². The number of amides is 1. The highest BCUT2D eigenvalue weighted by atomic mass is 16.5. The smallest absolute Gasteiger partial charge is 0.336 e. The molecule has 0 radical (unpaired) electrons. The second-order valence-electron chi connectivity index (χ2n) is 6.42. The highest BCUT2D eigenvalue weighted by molar-refractivity contribution is 5.94. The number of hydrogen-bond donors (Lipinski definition) is 1. The summed E-state index contributed by atoms with van der Waals surface area (Å²) in [5, 5.41) is 3.69. The molecule has 5 heteroatoms. The van der Waals surface area contributed by atoms with Gasteiger partial charge in [0.05, 0.1) is 7.11 Å². The molecule has 3 aromatic rings. The predicted molar refractivity (Wildman–Crippen MR) is 101 cm³/mol. The number of carbonyl (C=O) groups excluding carboxylic acids is 1. The molecule has 1 heterocycles. The molecular formula is C21H21NO4. The van der Waals surface area contributed by atoms with Gasteiger partial charge in [0.25, 0.3) is 5.91 Å². The Bertz CT molecular complexity index is 1000. The number of carbonyl (C=O) groups is 1. The van der Waals surface area contributed by atoms with E-state index in [-0.39, 0.29) is 12.5 Å². The number of ether oxygens (including phenoxy) is 1. The van der Waals surface area contributed by atoms with Crippen LogP contribution in [0.25, 0.3) is 11.0 Å². The van der Waals surface area contributed by atoms with Crippen LogP contribution in [0.1, 0.15) is 41.3 Å². The maximum atomic E-state index is 12.4. The summed E-state index contributed by atoms with van der Waals surface area (Å²) in [5.41, 5.74) is 2.47. The second-order valence-corrected chi connectivity index (χ2v) is 6.42. The topological polar surface area (TPSA) is 68.5 Å². The lowest BCUT2D eigenvalue weighted by Crippen LogP contribution is -2.23. The zero-order valence-corrected chi connectivity index (χ0v) is 15.0. The number of fused-ring (bicyclic) bond motifs is 1. The zero-order valence-electron chi connectivity index (χ0n) is 15.0. The summed E-state index contributed by atoms with van der Waals surface area (Å²) in [6, 6.07) is 14.1. The molecule has 0 aliphatic rings. The van der Waals surface area contributed by atoms with Gasteiger partial charge in [-0.2, -0.15) is 0 Å². The van der Waals surface area contributed by atoms with Crippen molar-refractivity contribution in [2.24, 2.45) is 0 Å². The molecule has 26 heavy (non-hydrogen) atoms. The van der Waals surface area contributed by atoms with Crippen molar-refractivity contribution in [1.29, 1.82) is 0 Å². The van der Waals surface area contributed by atoms with Crippen LogP contribution in [0.15, 0.2) is 57.7 Å². The third-order valence-corrected chi connectivity index (χ3v) is 4.29. The lowest BCUT2D eigenvalue weighted by Gasteiger charge is -2.11. The lowest BCUT2D eigenvalue weighted by atomic mass is 9.99. The van der Waals surface area contributed by atoms with Crippen LogP contribution in [0.2, 0.25) is 0 Å². The molecule has 0 saturated heterocycles. The molecule has 0 saturated carbocycles. The Kier molecular flexibility index (Phi) is 5.07. The van der Waals surface area contributed by atoms with Crippen LogP contribution in [-0.2, 0) is 6.54 Å². The number of rotatable bonds is 5. The second kappa shape index (κ2) is 7.44. The SMILES string of the molecule is COc1cccc(C(=O)NCc2cc(=O)oc3ccc(C(C)C)cc23)c1. The molecule has 1 aromatic heterocycles. The van der Waals surface area contributed by atoms with Crippen LogP contribution < -0.4 is 15.7 Å². The first-order valence-corrected chi connectivity index (χ1v) is 8.47. The van der Waals surface area contributed by atoms with E-state index in [1.165, 1.54) is 6.07 Å². The molecule has 0 aliphatic heterocycles. The number of methoxy groups -OCH3 is 1. The first kappa shape index (κ1) is 17.7. The average molecular weight is 351 g/mol. The third-order valence-electron chi connectivity index (χ3n) is 4.29. The minimum Gasteiger partial charge on any atom is -0.497 e. The van der Waals surface area contributed by atoms with Gasteiger partial charge in [-0.3, -0.25) is 4.79 Å². The van der Waals surface area contributed by atoms with Gasteiger partial charge in [0.1, 0.15) is 11.3 Å². The molecule has 1 amide bonds. The quantitative estimate of drug-likeness (QED) is 0.709. The van der Waals surface area contributed by atoms with Gasteiger partial charge in [-0.1, -0.05) is 26.0 Å². The number of benzene rings is 2. The molecular weight excluding hydrogens is 330 g/mol. The van der Waals surface area contributed by atoms with E-state index in [0.29, 0.717) is 22.8 Å². The van der Waals surface area contributed by atoms with E-state index in [0.717, 1.165) is 16.5 Å². The summed E-state index contributed by atoms with van der Waals surface area (Å²) in [5.74, 6) is 0.737. The lowest BCUT2D eigenvalue weighted by molar-refractivity contribution is 0.0950. The first-order valence-electron chi connectivity index (χ1n) is 8.47. The molecule has 0 bridgehead atoms. The van der Waals surface area contributed by atoms with Gasteiger partial charge in [-0.25, -0.2) is 4.79 Å². The number of nitrogens with one attached hydrogen (secondary N) is 1. The molecule has 0 spiro atoms. The normalized spacial score (nSPS) is 10.9. The van der Waals surface area contributed by atoms with Crippen LogP contribution in [0.4, 0.5) is 0 Å². The highest BCUT2D eigenvalue weighted by Crippen LogP contribution is 2.23. The Balaban J connectivity index is 1.89. The minimum absolute atomic E-state index is 0.231. The first-order chi connectivity index (χ1) is 12.5. The maximum Gasteiger partial charge on any atom is 0.336 e. The van der Waals surface area contributed by atoms with E-state index in [4.69, 9.17) is 9.15 Å². The van der Waals surface area contributed by atoms with Crippen LogP contribution in [0, 0.1) is 0 Å². The molecule has 5 nitrogen and oxygen atoms in total. The maximum absolute atomic E-state index is 12.4. The summed E-state index contributed by atoms with van der Waals surface area (Å²) in [7, 11) is 1.55.